The van der Waals surface area contributed by atoms with Crippen LogP contribution >= 0.6 is 0 Å². The highest BCUT2D eigenvalue weighted by molar-refractivity contribution is 5.45. The molecule has 0 heterocycles. The molecule has 1 rings (SSSR count). The van der Waals surface area contributed by atoms with Crippen LogP contribution in [0.5, 0.6) is 11.5 Å². The number of rotatable bonds is 6. The molecule has 1 aromatic rings. The molecular formula is C24H42O2. The minimum absolute atomic E-state index is 0.251. The van der Waals surface area contributed by atoms with Crippen molar-refractivity contribution in [2.24, 2.45) is 11.3 Å². The van der Waals surface area contributed by atoms with Crippen LogP contribution in [-0.2, 0) is 0 Å². The Hall–Kier alpha value is -1.18. The summed E-state index contributed by atoms with van der Waals surface area (Å²) in [6.07, 6.45) is 2.34. The van der Waals surface area contributed by atoms with E-state index in [2.05, 4.69) is 94.4 Å². The van der Waals surface area contributed by atoms with E-state index in [4.69, 9.17) is 9.47 Å². The van der Waals surface area contributed by atoms with Crippen LogP contribution in [0.1, 0.15) is 100 Å². The van der Waals surface area contributed by atoms with E-state index in [0.717, 1.165) is 17.9 Å². The van der Waals surface area contributed by atoms with Gasteiger partial charge in [0.1, 0.15) is 11.2 Å². The molecule has 2 unspecified atom stereocenters. The highest BCUT2D eigenvalue weighted by Gasteiger charge is 2.27. The standard InChI is InChI=1S/C24H42O2/c1-12-17(2)19(16-22(3,4)5)18-13-14-20(25-23(6,7)8)21(15-18)26-24(9,10)11/h13-15,17,19H,12,16H2,1-11H3. The maximum atomic E-state index is 6.29. The average molecular weight is 363 g/mol. The van der Waals surface area contributed by atoms with Crippen LogP contribution in [0.25, 0.3) is 0 Å². The smallest absolute Gasteiger partial charge is 0.162 e. The van der Waals surface area contributed by atoms with E-state index in [1.54, 1.807) is 0 Å². The zero-order valence-corrected chi connectivity index (χ0v) is 19.1. The lowest BCUT2D eigenvalue weighted by Gasteiger charge is -2.32. The van der Waals surface area contributed by atoms with Gasteiger partial charge >= 0.3 is 0 Å². The Morgan fingerprint density at radius 2 is 1.31 bits per heavy atom. The van der Waals surface area contributed by atoms with Crippen LogP contribution in [0.3, 0.4) is 0 Å². The van der Waals surface area contributed by atoms with Crippen molar-refractivity contribution in [2.45, 2.75) is 106 Å². The topological polar surface area (TPSA) is 18.5 Å². The summed E-state index contributed by atoms with van der Waals surface area (Å²) in [4.78, 5) is 0. The Kier molecular flexibility index (Phi) is 7.24. The molecule has 0 fully saturated rings. The van der Waals surface area contributed by atoms with Gasteiger partial charge in [-0.05, 0) is 82.9 Å². The highest BCUT2D eigenvalue weighted by Crippen LogP contribution is 2.42. The van der Waals surface area contributed by atoms with Crippen molar-refractivity contribution < 1.29 is 9.47 Å². The normalized spacial score (nSPS) is 15.5. The van der Waals surface area contributed by atoms with Crippen molar-refractivity contribution in [3.8, 4) is 11.5 Å². The van der Waals surface area contributed by atoms with Gasteiger partial charge in [-0.2, -0.15) is 0 Å². The van der Waals surface area contributed by atoms with E-state index in [-0.39, 0.29) is 11.2 Å². The van der Waals surface area contributed by atoms with Gasteiger partial charge in [-0.15, -0.1) is 0 Å². The van der Waals surface area contributed by atoms with E-state index in [9.17, 15) is 0 Å². The first-order valence-electron chi connectivity index (χ1n) is 10.1. The highest BCUT2D eigenvalue weighted by atomic mass is 16.5. The quantitative estimate of drug-likeness (QED) is 0.518. The molecule has 0 radical (unpaired) electrons. The van der Waals surface area contributed by atoms with Crippen LogP contribution in [0, 0.1) is 11.3 Å². The van der Waals surface area contributed by atoms with Gasteiger partial charge in [-0.1, -0.05) is 47.1 Å². The molecule has 0 spiro atoms. The molecular weight excluding hydrogens is 320 g/mol. The lowest BCUT2D eigenvalue weighted by molar-refractivity contribution is 0.0955. The first-order chi connectivity index (χ1) is 11.6. The van der Waals surface area contributed by atoms with Crippen molar-refractivity contribution in [3.63, 3.8) is 0 Å². The summed E-state index contributed by atoms with van der Waals surface area (Å²) in [6.45, 7) is 24.1. The summed E-state index contributed by atoms with van der Waals surface area (Å²) in [7, 11) is 0. The largest absolute Gasteiger partial charge is 0.484 e. The summed E-state index contributed by atoms with van der Waals surface area (Å²) in [5, 5.41) is 0. The fourth-order valence-corrected chi connectivity index (χ4v) is 3.17. The molecule has 150 valence electrons. The van der Waals surface area contributed by atoms with Crippen molar-refractivity contribution in [2.75, 3.05) is 0 Å². The first kappa shape index (κ1) is 22.9. The van der Waals surface area contributed by atoms with E-state index >= 15 is 0 Å². The van der Waals surface area contributed by atoms with Crippen LogP contribution in [-0.4, -0.2) is 11.2 Å². The molecule has 0 aromatic heterocycles. The van der Waals surface area contributed by atoms with Crippen molar-refractivity contribution in [1.82, 2.24) is 0 Å². The molecule has 2 heteroatoms. The molecule has 0 aliphatic carbocycles. The second-order valence-electron chi connectivity index (χ2n) is 10.9. The minimum Gasteiger partial charge on any atom is -0.484 e. The molecule has 0 aliphatic rings. The molecule has 0 bridgehead atoms. The third-order valence-corrected chi connectivity index (χ3v) is 4.39. The first-order valence-corrected chi connectivity index (χ1v) is 10.1. The van der Waals surface area contributed by atoms with Crippen molar-refractivity contribution in [3.05, 3.63) is 23.8 Å². The average Bonchev–Trinajstić information content (AvgIpc) is 2.42. The monoisotopic (exact) mass is 362 g/mol. The molecule has 0 saturated heterocycles. The van der Waals surface area contributed by atoms with Gasteiger partial charge in [0.05, 0.1) is 0 Å². The van der Waals surface area contributed by atoms with Gasteiger partial charge in [0.2, 0.25) is 0 Å². The Balaban J connectivity index is 3.35. The van der Waals surface area contributed by atoms with Crippen molar-refractivity contribution >= 4 is 0 Å². The Labute approximate surface area is 162 Å². The van der Waals surface area contributed by atoms with Gasteiger partial charge in [0.25, 0.3) is 0 Å². The second kappa shape index (κ2) is 8.23. The fraction of sp³-hybridized carbons (Fsp3) is 0.750. The minimum atomic E-state index is -0.259. The maximum absolute atomic E-state index is 6.29. The summed E-state index contributed by atoms with van der Waals surface area (Å²) in [6, 6.07) is 6.55. The third-order valence-electron chi connectivity index (χ3n) is 4.39. The van der Waals surface area contributed by atoms with Gasteiger partial charge < -0.3 is 9.47 Å². The van der Waals surface area contributed by atoms with Crippen LogP contribution in [0.2, 0.25) is 0 Å². The lowest BCUT2D eigenvalue weighted by atomic mass is 9.75. The molecule has 26 heavy (non-hydrogen) atoms. The Bertz CT molecular complexity index is 567. The molecule has 2 nitrogen and oxygen atoms in total. The predicted octanol–water partition coefficient (Wildman–Crippen LogP) is 7.61. The van der Waals surface area contributed by atoms with Crippen LogP contribution in [0.4, 0.5) is 0 Å². The second-order valence-corrected chi connectivity index (χ2v) is 10.9. The molecule has 0 N–H and O–H groups in total. The van der Waals surface area contributed by atoms with Gasteiger partial charge in [0, 0.05) is 0 Å². The number of ether oxygens (including phenoxy) is 2. The molecule has 2 atom stereocenters. The number of benzene rings is 1. The number of hydrogen-bond donors (Lipinski definition) is 0. The maximum Gasteiger partial charge on any atom is 0.162 e. The fourth-order valence-electron chi connectivity index (χ4n) is 3.17. The van der Waals surface area contributed by atoms with Gasteiger partial charge in [-0.3, -0.25) is 0 Å². The van der Waals surface area contributed by atoms with Gasteiger partial charge in [-0.25, -0.2) is 0 Å². The number of hydrogen-bond acceptors (Lipinski definition) is 2. The van der Waals surface area contributed by atoms with Crippen molar-refractivity contribution in [1.29, 1.82) is 0 Å². The molecule has 0 amide bonds. The Morgan fingerprint density at radius 3 is 1.73 bits per heavy atom. The van der Waals surface area contributed by atoms with E-state index < -0.39 is 0 Å². The van der Waals surface area contributed by atoms with Crippen LogP contribution in [0.15, 0.2) is 18.2 Å². The zero-order valence-electron chi connectivity index (χ0n) is 19.1. The van der Waals surface area contributed by atoms with Crippen LogP contribution < -0.4 is 9.47 Å². The molecule has 0 aliphatic heterocycles. The Morgan fingerprint density at radius 1 is 0.808 bits per heavy atom. The van der Waals surface area contributed by atoms with Gasteiger partial charge in [0.15, 0.2) is 11.5 Å². The van der Waals surface area contributed by atoms with E-state index in [0.29, 0.717) is 17.3 Å². The SMILES string of the molecule is CCC(C)C(CC(C)(C)C)c1ccc(OC(C)(C)C)c(OC(C)(C)C)c1. The predicted molar refractivity (Wildman–Crippen MR) is 113 cm³/mol. The zero-order chi connectivity index (χ0) is 20.3. The van der Waals surface area contributed by atoms with E-state index in [1.165, 1.54) is 12.0 Å². The third kappa shape index (κ3) is 8.01. The summed E-state index contributed by atoms with van der Waals surface area (Å²) in [5.41, 5.74) is 1.14. The van der Waals surface area contributed by atoms with E-state index in [1.807, 2.05) is 0 Å². The molecule has 1 aromatic carbocycles. The summed E-state index contributed by atoms with van der Waals surface area (Å²) >= 11 is 0. The lowest BCUT2D eigenvalue weighted by Crippen LogP contribution is -2.27. The summed E-state index contributed by atoms with van der Waals surface area (Å²) in [5.74, 6) is 2.83. The summed E-state index contributed by atoms with van der Waals surface area (Å²) < 4.78 is 12.5. The molecule has 0 saturated carbocycles.